The molecule has 0 spiro atoms. The number of hydrogen-bond acceptors (Lipinski definition) is 4. The van der Waals surface area contributed by atoms with Crippen LogP contribution in [0, 0.1) is 11.8 Å². The maximum atomic E-state index is 12.0. The Morgan fingerprint density at radius 1 is 1.30 bits per heavy atom. The summed E-state index contributed by atoms with van der Waals surface area (Å²) in [7, 11) is 0. The Kier molecular flexibility index (Phi) is 6.25. The Bertz CT molecular complexity index is 595. The summed E-state index contributed by atoms with van der Waals surface area (Å²) in [6.07, 6.45) is 3.23. The van der Waals surface area contributed by atoms with Crippen molar-refractivity contribution in [2.24, 2.45) is 11.8 Å². The van der Waals surface area contributed by atoms with Crippen LogP contribution in [0.4, 0.5) is 0 Å². The molecule has 7 heteroatoms. The van der Waals surface area contributed by atoms with Crippen molar-refractivity contribution in [3.05, 3.63) is 28.0 Å². The van der Waals surface area contributed by atoms with Crippen LogP contribution in [0.5, 0.6) is 0 Å². The normalized spacial score (nSPS) is 24.1. The van der Waals surface area contributed by atoms with Crippen LogP contribution in [0.25, 0.3) is 0 Å². The molecule has 0 saturated heterocycles. The lowest BCUT2D eigenvalue weighted by Crippen LogP contribution is -2.45. The zero-order valence-corrected chi connectivity index (χ0v) is 14.7. The highest BCUT2D eigenvalue weighted by Gasteiger charge is 2.28. The minimum absolute atomic E-state index is 0.0911. The molecule has 1 aliphatic carbocycles. The molecule has 1 aromatic rings. The van der Waals surface area contributed by atoms with Crippen molar-refractivity contribution >= 4 is 35.1 Å². The highest BCUT2D eigenvalue weighted by atomic mass is 35.5. The summed E-state index contributed by atoms with van der Waals surface area (Å²) in [5.74, 6) is -0.0985. The molecule has 1 saturated carbocycles. The van der Waals surface area contributed by atoms with Crippen LogP contribution < -0.4 is 5.32 Å². The van der Waals surface area contributed by atoms with E-state index in [1.165, 1.54) is 18.6 Å². The van der Waals surface area contributed by atoms with Crippen LogP contribution in [0.3, 0.4) is 0 Å². The third kappa shape index (κ3) is 4.82. The Morgan fingerprint density at radius 3 is 2.78 bits per heavy atom. The molecule has 1 fully saturated rings. The molecular formula is C16H20Cl2N2O3. The van der Waals surface area contributed by atoms with Crippen LogP contribution in [-0.2, 0) is 9.53 Å². The van der Waals surface area contributed by atoms with Gasteiger partial charge < -0.3 is 10.1 Å². The molecule has 0 unspecified atom stereocenters. The molecule has 3 atom stereocenters. The molecule has 126 valence electrons. The van der Waals surface area contributed by atoms with Gasteiger partial charge in [0.1, 0.15) is 5.15 Å². The monoisotopic (exact) mass is 358 g/mol. The van der Waals surface area contributed by atoms with E-state index in [9.17, 15) is 9.59 Å². The van der Waals surface area contributed by atoms with Gasteiger partial charge in [-0.2, -0.15) is 0 Å². The highest BCUT2D eigenvalue weighted by molar-refractivity contribution is 6.34. The Morgan fingerprint density at radius 2 is 2.04 bits per heavy atom. The summed E-state index contributed by atoms with van der Waals surface area (Å²) in [5, 5.41) is 3.21. The predicted molar refractivity (Wildman–Crippen MR) is 88.6 cm³/mol. The number of amides is 1. The average Bonchev–Trinajstić information content (AvgIpc) is 2.52. The summed E-state index contributed by atoms with van der Waals surface area (Å²) in [6.45, 7) is 3.97. The quantitative estimate of drug-likeness (QED) is 0.660. The largest absolute Gasteiger partial charge is 0.451 e. The van der Waals surface area contributed by atoms with E-state index in [-0.39, 0.29) is 34.4 Å². The van der Waals surface area contributed by atoms with Gasteiger partial charge in [0, 0.05) is 6.04 Å². The number of hydrogen-bond donors (Lipinski definition) is 1. The zero-order valence-electron chi connectivity index (χ0n) is 13.1. The molecule has 5 nitrogen and oxygen atoms in total. The van der Waals surface area contributed by atoms with Crippen molar-refractivity contribution in [3.8, 4) is 0 Å². The van der Waals surface area contributed by atoms with Crippen molar-refractivity contribution in [1.29, 1.82) is 0 Å². The molecule has 0 aromatic carbocycles. The second-order valence-corrected chi connectivity index (χ2v) is 6.78. The van der Waals surface area contributed by atoms with E-state index in [2.05, 4.69) is 24.1 Å². The molecule has 0 bridgehead atoms. The molecule has 0 aliphatic heterocycles. The van der Waals surface area contributed by atoms with E-state index in [1.54, 1.807) is 0 Å². The summed E-state index contributed by atoms with van der Waals surface area (Å²) < 4.78 is 4.97. The second-order valence-electron chi connectivity index (χ2n) is 5.98. The van der Waals surface area contributed by atoms with Crippen molar-refractivity contribution in [2.75, 3.05) is 6.61 Å². The molecule has 1 heterocycles. The summed E-state index contributed by atoms with van der Waals surface area (Å²) in [4.78, 5) is 27.7. The van der Waals surface area contributed by atoms with Crippen molar-refractivity contribution in [3.63, 3.8) is 0 Å². The van der Waals surface area contributed by atoms with E-state index in [0.29, 0.717) is 11.8 Å². The molecule has 1 aromatic heterocycles. The Hall–Kier alpha value is -1.33. The first-order valence-electron chi connectivity index (χ1n) is 7.67. The first kappa shape index (κ1) is 18.0. The average molecular weight is 359 g/mol. The number of carbonyl (C=O) groups is 2. The fourth-order valence-corrected chi connectivity index (χ4v) is 3.13. The van der Waals surface area contributed by atoms with Gasteiger partial charge in [0.2, 0.25) is 0 Å². The SMILES string of the molecule is C[C@H]1[C@H](C)CCC[C@H]1NC(=O)COC(=O)c1nc(Cl)ccc1Cl. The van der Waals surface area contributed by atoms with E-state index in [1.807, 2.05) is 0 Å². The lowest BCUT2D eigenvalue weighted by atomic mass is 9.78. The predicted octanol–water partition coefficient (Wildman–Crippen LogP) is 3.49. The van der Waals surface area contributed by atoms with Gasteiger partial charge in [0.05, 0.1) is 5.02 Å². The number of nitrogens with zero attached hydrogens (tertiary/aromatic N) is 1. The third-order valence-corrected chi connectivity index (χ3v) is 4.91. The van der Waals surface area contributed by atoms with Crippen LogP contribution in [0.1, 0.15) is 43.6 Å². The highest BCUT2D eigenvalue weighted by Crippen LogP contribution is 2.29. The fourth-order valence-electron chi connectivity index (χ4n) is 2.80. The molecule has 23 heavy (non-hydrogen) atoms. The number of aromatic nitrogens is 1. The smallest absolute Gasteiger partial charge is 0.359 e. The Labute approximate surface area is 145 Å². The number of carbonyl (C=O) groups excluding carboxylic acids is 2. The van der Waals surface area contributed by atoms with Gasteiger partial charge in [-0.3, -0.25) is 4.79 Å². The van der Waals surface area contributed by atoms with Crippen LogP contribution in [0.15, 0.2) is 12.1 Å². The maximum Gasteiger partial charge on any atom is 0.359 e. The molecule has 1 aliphatic rings. The van der Waals surface area contributed by atoms with E-state index < -0.39 is 5.97 Å². The van der Waals surface area contributed by atoms with Gasteiger partial charge in [-0.05, 0) is 30.4 Å². The number of rotatable bonds is 4. The lowest BCUT2D eigenvalue weighted by Gasteiger charge is -2.34. The van der Waals surface area contributed by atoms with E-state index >= 15 is 0 Å². The van der Waals surface area contributed by atoms with Crippen LogP contribution >= 0.6 is 23.2 Å². The van der Waals surface area contributed by atoms with Crippen molar-refractivity contribution in [1.82, 2.24) is 10.3 Å². The van der Waals surface area contributed by atoms with E-state index in [0.717, 1.165) is 12.8 Å². The van der Waals surface area contributed by atoms with Gasteiger partial charge in [-0.15, -0.1) is 0 Å². The lowest BCUT2D eigenvalue weighted by molar-refractivity contribution is -0.125. The summed E-state index contributed by atoms with van der Waals surface area (Å²) >= 11 is 11.6. The first-order valence-corrected chi connectivity index (χ1v) is 8.42. The molecular weight excluding hydrogens is 339 g/mol. The van der Waals surface area contributed by atoms with Gasteiger partial charge >= 0.3 is 5.97 Å². The van der Waals surface area contributed by atoms with E-state index in [4.69, 9.17) is 27.9 Å². The fraction of sp³-hybridized carbons (Fsp3) is 0.562. The zero-order chi connectivity index (χ0) is 17.0. The minimum atomic E-state index is -0.766. The van der Waals surface area contributed by atoms with Gasteiger partial charge in [-0.25, -0.2) is 9.78 Å². The number of halogens is 2. The van der Waals surface area contributed by atoms with Crippen molar-refractivity contribution < 1.29 is 14.3 Å². The Balaban J connectivity index is 1.86. The summed E-state index contributed by atoms with van der Waals surface area (Å²) in [5.41, 5.74) is -0.0911. The van der Waals surface area contributed by atoms with Gasteiger partial charge in [0.25, 0.3) is 5.91 Å². The first-order chi connectivity index (χ1) is 10.9. The molecule has 1 amide bonds. The maximum absolute atomic E-state index is 12.0. The number of ether oxygens (including phenoxy) is 1. The van der Waals surface area contributed by atoms with Crippen LogP contribution in [-0.4, -0.2) is 29.5 Å². The molecule has 0 radical (unpaired) electrons. The standard InChI is InChI=1S/C16H20Cl2N2O3/c1-9-4-3-5-12(10(9)2)19-14(21)8-23-16(22)15-11(17)6-7-13(18)20-15/h6-7,9-10,12H,3-5,8H2,1-2H3,(H,19,21)/t9-,10+,12-/m1/s1. The number of nitrogens with one attached hydrogen (secondary N) is 1. The minimum Gasteiger partial charge on any atom is -0.451 e. The van der Waals surface area contributed by atoms with Gasteiger partial charge in [-0.1, -0.05) is 49.9 Å². The number of esters is 1. The topological polar surface area (TPSA) is 68.3 Å². The second kappa shape index (κ2) is 7.97. The molecule has 2 rings (SSSR count). The summed E-state index contributed by atoms with van der Waals surface area (Å²) in [6, 6.07) is 3.05. The van der Waals surface area contributed by atoms with Crippen molar-refractivity contribution in [2.45, 2.75) is 39.2 Å². The van der Waals surface area contributed by atoms with Gasteiger partial charge in [0.15, 0.2) is 12.3 Å². The van der Waals surface area contributed by atoms with Crippen LogP contribution in [0.2, 0.25) is 10.2 Å². The third-order valence-electron chi connectivity index (χ3n) is 4.39. The number of pyridine rings is 1. The molecule has 1 N–H and O–H groups in total.